The Morgan fingerprint density at radius 3 is 2.54 bits per heavy atom. The summed E-state index contributed by atoms with van der Waals surface area (Å²) in [5.74, 6) is 1.78. The summed E-state index contributed by atoms with van der Waals surface area (Å²) in [5.41, 5.74) is 6.76. The lowest BCUT2D eigenvalue weighted by Gasteiger charge is -2.05. The molecule has 0 aliphatic heterocycles. The fourth-order valence-electron chi connectivity index (χ4n) is 0.925. The Labute approximate surface area is 83.5 Å². The first-order valence-electron chi connectivity index (χ1n) is 4.05. The van der Waals surface area contributed by atoms with Crippen molar-refractivity contribution in [3.63, 3.8) is 0 Å². The molecule has 0 bridgehead atoms. The van der Waals surface area contributed by atoms with E-state index in [1.54, 1.807) is 18.9 Å². The molecule has 0 aliphatic rings. The molecule has 1 atom stereocenters. The number of ether oxygens (including phenoxy) is 1. The van der Waals surface area contributed by atoms with Gasteiger partial charge in [-0.3, -0.25) is 0 Å². The summed E-state index contributed by atoms with van der Waals surface area (Å²) in [5, 5.41) is -0.0536. The Kier molecular flexibility index (Phi) is 4.12. The monoisotopic (exact) mass is 196 g/mol. The SMILES string of the molecule is [CH2]C(N)SCc1ccc(OC)cc1. The summed E-state index contributed by atoms with van der Waals surface area (Å²) < 4.78 is 5.05. The van der Waals surface area contributed by atoms with Gasteiger partial charge in [0.05, 0.1) is 12.5 Å². The summed E-state index contributed by atoms with van der Waals surface area (Å²) in [6.45, 7) is 3.70. The molecule has 0 fully saturated rings. The van der Waals surface area contributed by atoms with E-state index in [2.05, 4.69) is 6.92 Å². The van der Waals surface area contributed by atoms with Gasteiger partial charge >= 0.3 is 0 Å². The van der Waals surface area contributed by atoms with E-state index in [4.69, 9.17) is 10.5 Å². The van der Waals surface area contributed by atoms with E-state index in [-0.39, 0.29) is 5.37 Å². The third-order valence-electron chi connectivity index (χ3n) is 1.62. The van der Waals surface area contributed by atoms with Crippen molar-refractivity contribution in [2.45, 2.75) is 11.1 Å². The first-order valence-corrected chi connectivity index (χ1v) is 5.10. The highest BCUT2D eigenvalue weighted by Gasteiger charge is 1.97. The smallest absolute Gasteiger partial charge is 0.118 e. The van der Waals surface area contributed by atoms with Crippen molar-refractivity contribution in [2.75, 3.05) is 7.11 Å². The van der Waals surface area contributed by atoms with Crippen LogP contribution in [0.3, 0.4) is 0 Å². The minimum absolute atomic E-state index is 0.0536. The van der Waals surface area contributed by atoms with Crippen LogP contribution < -0.4 is 10.5 Å². The van der Waals surface area contributed by atoms with Crippen molar-refractivity contribution in [1.82, 2.24) is 0 Å². The van der Waals surface area contributed by atoms with Gasteiger partial charge in [-0.1, -0.05) is 12.1 Å². The third-order valence-corrected chi connectivity index (χ3v) is 2.55. The Hall–Kier alpha value is -0.670. The molecule has 1 aromatic carbocycles. The van der Waals surface area contributed by atoms with Gasteiger partial charge in [-0.05, 0) is 24.6 Å². The van der Waals surface area contributed by atoms with Crippen LogP contribution in [0.1, 0.15) is 5.56 Å². The molecule has 71 valence electrons. The fraction of sp³-hybridized carbons (Fsp3) is 0.300. The first kappa shape index (κ1) is 10.4. The molecule has 0 saturated heterocycles. The highest BCUT2D eigenvalue weighted by molar-refractivity contribution is 7.99. The molecular weight excluding hydrogens is 182 g/mol. The molecule has 1 aromatic rings. The Morgan fingerprint density at radius 1 is 1.46 bits per heavy atom. The van der Waals surface area contributed by atoms with Crippen molar-refractivity contribution in [1.29, 1.82) is 0 Å². The summed E-state index contributed by atoms with van der Waals surface area (Å²) in [6, 6.07) is 7.97. The first-order chi connectivity index (χ1) is 6.22. The Bertz CT molecular complexity index is 246. The second-order valence-corrected chi connectivity index (χ2v) is 3.93. The maximum Gasteiger partial charge on any atom is 0.118 e. The number of rotatable bonds is 4. The van der Waals surface area contributed by atoms with Gasteiger partial charge in [0.15, 0.2) is 0 Å². The van der Waals surface area contributed by atoms with Crippen LogP contribution in [0.25, 0.3) is 0 Å². The normalized spacial score (nSPS) is 12.5. The van der Waals surface area contributed by atoms with Gasteiger partial charge < -0.3 is 10.5 Å². The lowest BCUT2D eigenvalue weighted by molar-refractivity contribution is 0.414. The van der Waals surface area contributed by atoms with Gasteiger partial charge in [-0.2, -0.15) is 0 Å². The number of hydrogen-bond acceptors (Lipinski definition) is 3. The molecule has 2 nitrogen and oxygen atoms in total. The molecule has 0 aliphatic carbocycles. The largest absolute Gasteiger partial charge is 0.497 e. The zero-order valence-corrected chi connectivity index (χ0v) is 8.51. The van der Waals surface area contributed by atoms with Gasteiger partial charge in [-0.15, -0.1) is 11.8 Å². The predicted octanol–water partition coefficient (Wildman–Crippen LogP) is 2.05. The van der Waals surface area contributed by atoms with Crippen LogP contribution >= 0.6 is 11.8 Å². The van der Waals surface area contributed by atoms with E-state index in [9.17, 15) is 0 Å². The lowest BCUT2D eigenvalue weighted by atomic mass is 10.2. The minimum Gasteiger partial charge on any atom is -0.497 e. The number of benzene rings is 1. The molecule has 3 heteroatoms. The predicted molar refractivity (Wildman–Crippen MR) is 57.6 cm³/mol. The Balaban J connectivity index is 2.49. The van der Waals surface area contributed by atoms with E-state index >= 15 is 0 Å². The van der Waals surface area contributed by atoms with Crippen LogP contribution in [0.15, 0.2) is 24.3 Å². The number of hydrogen-bond donors (Lipinski definition) is 1. The van der Waals surface area contributed by atoms with Crippen molar-refractivity contribution in [3.8, 4) is 5.75 Å². The highest BCUT2D eigenvalue weighted by Crippen LogP contribution is 2.17. The molecule has 0 saturated carbocycles. The summed E-state index contributed by atoms with van der Waals surface area (Å²) in [4.78, 5) is 0. The van der Waals surface area contributed by atoms with Crippen molar-refractivity contribution >= 4 is 11.8 Å². The zero-order valence-electron chi connectivity index (χ0n) is 7.69. The Morgan fingerprint density at radius 2 is 2.08 bits per heavy atom. The quantitative estimate of drug-likeness (QED) is 0.748. The van der Waals surface area contributed by atoms with Crippen molar-refractivity contribution in [2.24, 2.45) is 5.73 Å². The number of methoxy groups -OCH3 is 1. The van der Waals surface area contributed by atoms with Gasteiger partial charge in [0.25, 0.3) is 0 Å². The average molecular weight is 196 g/mol. The summed E-state index contributed by atoms with van der Waals surface area (Å²) >= 11 is 1.62. The molecule has 1 rings (SSSR count). The van der Waals surface area contributed by atoms with Crippen molar-refractivity contribution < 1.29 is 4.74 Å². The fourth-order valence-corrected chi connectivity index (χ4v) is 1.52. The van der Waals surface area contributed by atoms with E-state index < -0.39 is 0 Å². The summed E-state index contributed by atoms with van der Waals surface area (Å²) in [6.07, 6.45) is 0. The van der Waals surface area contributed by atoms with Crippen LogP contribution in [-0.4, -0.2) is 12.5 Å². The van der Waals surface area contributed by atoms with Crippen LogP contribution in [0.4, 0.5) is 0 Å². The van der Waals surface area contributed by atoms with Crippen molar-refractivity contribution in [3.05, 3.63) is 36.8 Å². The lowest BCUT2D eigenvalue weighted by Crippen LogP contribution is -2.09. The molecule has 0 aromatic heterocycles. The zero-order chi connectivity index (χ0) is 9.68. The molecule has 1 unspecified atom stereocenters. The number of nitrogens with two attached hydrogens (primary N) is 1. The molecule has 0 heterocycles. The molecule has 0 spiro atoms. The summed E-state index contributed by atoms with van der Waals surface area (Å²) in [7, 11) is 1.66. The topological polar surface area (TPSA) is 35.2 Å². The van der Waals surface area contributed by atoms with E-state index in [0.717, 1.165) is 11.5 Å². The maximum atomic E-state index is 5.52. The standard InChI is InChI=1S/C10H14NOS/c1-8(11)13-7-9-3-5-10(12-2)6-4-9/h3-6,8H,1,7,11H2,2H3. The molecule has 1 radical (unpaired) electrons. The number of thioether (sulfide) groups is 1. The maximum absolute atomic E-state index is 5.52. The second kappa shape index (κ2) is 5.14. The van der Waals surface area contributed by atoms with Gasteiger partial charge in [0.2, 0.25) is 0 Å². The molecule has 13 heavy (non-hydrogen) atoms. The van der Waals surface area contributed by atoms with Gasteiger partial charge in [0, 0.05) is 5.75 Å². The van der Waals surface area contributed by atoms with E-state index in [1.807, 2.05) is 24.3 Å². The minimum atomic E-state index is -0.0536. The van der Waals surface area contributed by atoms with Crippen LogP contribution in [0.2, 0.25) is 0 Å². The van der Waals surface area contributed by atoms with Crippen LogP contribution in [0, 0.1) is 6.92 Å². The highest BCUT2D eigenvalue weighted by atomic mass is 32.2. The van der Waals surface area contributed by atoms with Gasteiger partial charge in [-0.25, -0.2) is 0 Å². The average Bonchev–Trinajstić information content (AvgIpc) is 2.15. The second-order valence-electron chi connectivity index (χ2n) is 2.70. The third kappa shape index (κ3) is 3.70. The van der Waals surface area contributed by atoms with Crippen LogP contribution in [-0.2, 0) is 5.75 Å². The molecule has 0 amide bonds. The molecular formula is C10H14NOS. The van der Waals surface area contributed by atoms with E-state index in [1.165, 1.54) is 5.56 Å². The van der Waals surface area contributed by atoms with E-state index in [0.29, 0.717) is 0 Å². The van der Waals surface area contributed by atoms with Crippen LogP contribution in [0.5, 0.6) is 5.75 Å². The van der Waals surface area contributed by atoms with Gasteiger partial charge in [0.1, 0.15) is 5.75 Å². The molecule has 2 N–H and O–H groups in total.